The summed E-state index contributed by atoms with van der Waals surface area (Å²) in [6, 6.07) is 5.25. The van der Waals surface area contributed by atoms with Crippen molar-refractivity contribution in [1.29, 1.82) is 0 Å². The van der Waals surface area contributed by atoms with Crippen LogP contribution in [0, 0.1) is 13.8 Å². The van der Waals surface area contributed by atoms with E-state index in [9.17, 15) is 8.42 Å². The fourth-order valence-corrected chi connectivity index (χ4v) is 3.48. The highest BCUT2D eigenvalue weighted by Crippen LogP contribution is 2.15. The summed E-state index contributed by atoms with van der Waals surface area (Å²) in [6.45, 7) is 5.59. The van der Waals surface area contributed by atoms with Gasteiger partial charge in [0.2, 0.25) is 10.0 Å². The Morgan fingerprint density at radius 2 is 2.06 bits per heavy atom. The fourth-order valence-electron chi connectivity index (χ4n) is 2.12. The summed E-state index contributed by atoms with van der Waals surface area (Å²) in [5, 5.41) is 3.20. The maximum Gasteiger partial charge on any atom is 0.240 e. The quantitative estimate of drug-likeness (QED) is 0.869. The number of hydrogen-bond acceptors (Lipinski definition) is 3. The summed E-state index contributed by atoms with van der Waals surface area (Å²) in [5.74, 6) is 0. The van der Waals surface area contributed by atoms with E-state index >= 15 is 0 Å². The Kier molecular flexibility index (Phi) is 4.04. The van der Waals surface area contributed by atoms with Crippen molar-refractivity contribution < 1.29 is 8.42 Å². The molecule has 5 heteroatoms. The smallest absolute Gasteiger partial charge is 0.240 e. The first-order valence-electron chi connectivity index (χ1n) is 6.29. The van der Waals surface area contributed by atoms with Crippen LogP contribution in [0.3, 0.4) is 0 Å². The minimum atomic E-state index is -3.39. The van der Waals surface area contributed by atoms with Crippen LogP contribution in [0.15, 0.2) is 23.1 Å². The van der Waals surface area contributed by atoms with Gasteiger partial charge in [-0.1, -0.05) is 6.07 Å². The van der Waals surface area contributed by atoms with Gasteiger partial charge in [-0.15, -0.1) is 0 Å². The molecule has 0 aliphatic carbocycles. The first kappa shape index (κ1) is 13.5. The van der Waals surface area contributed by atoms with Crippen LogP contribution >= 0.6 is 0 Å². The van der Waals surface area contributed by atoms with E-state index < -0.39 is 10.0 Å². The van der Waals surface area contributed by atoms with Crippen LogP contribution in [0.1, 0.15) is 24.0 Å². The zero-order valence-electron chi connectivity index (χ0n) is 10.9. The second kappa shape index (κ2) is 5.38. The number of sulfonamides is 1. The van der Waals surface area contributed by atoms with Gasteiger partial charge >= 0.3 is 0 Å². The van der Waals surface area contributed by atoms with Gasteiger partial charge in [-0.05, 0) is 56.5 Å². The van der Waals surface area contributed by atoms with Crippen molar-refractivity contribution in [2.24, 2.45) is 0 Å². The van der Waals surface area contributed by atoms with Crippen molar-refractivity contribution in [3.63, 3.8) is 0 Å². The molecule has 0 aromatic heterocycles. The van der Waals surface area contributed by atoms with Gasteiger partial charge in [0, 0.05) is 12.6 Å². The van der Waals surface area contributed by atoms with E-state index in [0.29, 0.717) is 11.4 Å². The second-order valence-corrected chi connectivity index (χ2v) is 6.62. The van der Waals surface area contributed by atoms with E-state index in [2.05, 4.69) is 10.0 Å². The van der Waals surface area contributed by atoms with Crippen molar-refractivity contribution >= 4 is 10.0 Å². The lowest BCUT2D eigenvalue weighted by molar-refractivity contribution is 0.428. The van der Waals surface area contributed by atoms with Crippen molar-refractivity contribution in [3.05, 3.63) is 29.3 Å². The molecule has 4 nitrogen and oxygen atoms in total. The van der Waals surface area contributed by atoms with Gasteiger partial charge < -0.3 is 5.32 Å². The highest BCUT2D eigenvalue weighted by Gasteiger charge is 2.21. The molecule has 0 unspecified atom stereocenters. The molecular formula is C13H20N2O2S. The summed E-state index contributed by atoms with van der Waals surface area (Å²) in [6.07, 6.45) is 1.91. The summed E-state index contributed by atoms with van der Waals surface area (Å²) in [5.41, 5.74) is 2.10. The SMILES string of the molecule is Cc1ccc(S(=O)(=O)N[C@@H]2CCCNC2)cc1C. The third kappa shape index (κ3) is 3.10. The predicted molar refractivity (Wildman–Crippen MR) is 72.1 cm³/mol. The van der Waals surface area contributed by atoms with Crippen LogP contribution in [0.2, 0.25) is 0 Å². The number of hydrogen-bond donors (Lipinski definition) is 2. The molecule has 2 rings (SSSR count). The normalized spacial score (nSPS) is 20.9. The molecule has 18 heavy (non-hydrogen) atoms. The second-order valence-electron chi connectivity index (χ2n) is 4.91. The summed E-state index contributed by atoms with van der Waals surface area (Å²) < 4.78 is 27.2. The first-order chi connectivity index (χ1) is 8.49. The van der Waals surface area contributed by atoms with Gasteiger partial charge in [0.25, 0.3) is 0 Å². The molecule has 1 aliphatic heterocycles. The molecular weight excluding hydrogens is 248 g/mol. The van der Waals surface area contributed by atoms with E-state index in [-0.39, 0.29) is 6.04 Å². The molecule has 100 valence electrons. The Morgan fingerprint density at radius 1 is 1.28 bits per heavy atom. The molecule has 0 spiro atoms. The van der Waals surface area contributed by atoms with E-state index in [1.165, 1.54) is 0 Å². The molecule has 1 aromatic carbocycles. The molecule has 0 saturated carbocycles. The monoisotopic (exact) mass is 268 g/mol. The van der Waals surface area contributed by atoms with Gasteiger partial charge in [0.1, 0.15) is 0 Å². The standard InChI is InChI=1S/C13H20N2O2S/c1-10-5-6-13(8-11(10)2)18(16,17)15-12-4-3-7-14-9-12/h5-6,8,12,14-15H,3-4,7,9H2,1-2H3/t12-/m1/s1. The topological polar surface area (TPSA) is 58.2 Å². The van der Waals surface area contributed by atoms with Gasteiger partial charge in [-0.25, -0.2) is 13.1 Å². The van der Waals surface area contributed by atoms with Crippen LogP contribution in [0.5, 0.6) is 0 Å². The van der Waals surface area contributed by atoms with Crippen molar-refractivity contribution in [3.8, 4) is 0 Å². The van der Waals surface area contributed by atoms with E-state index in [1.54, 1.807) is 12.1 Å². The van der Waals surface area contributed by atoms with Crippen LogP contribution in [0.25, 0.3) is 0 Å². The lowest BCUT2D eigenvalue weighted by Gasteiger charge is -2.23. The highest BCUT2D eigenvalue weighted by atomic mass is 32.2. The molecule has 1 aromatic rings. The number of rotatable bonds is 3. The summed E-state index contributed by atoms with van der Waals surface area (Å²) in [4.78, 5) is 0.358. The molecule has 1 aliphatic rings. The van der Waals surface area contributed by atoms with Gasteiger partial charge in [-0.2, -0.15) is 0 Å². The number of benzene rings is 1. The van der Waals surface area contributed by atoms with Gasteiger partial charge in [-0.3, -0.25) is 0 Å². The molecule has 1 heterocycles. The van der Waals surface area contributed by atoms with Crippen LogP contribution in [-0.2, 0) is 10.0 Å². The maximum atomic E-state index is 12.2. The average Bonchev–Trinajstić information content (AvgIpc) is 2.33. The van der Waals surface area contributed by atoms with Crippen molar-refractivity contribution in [2.45, 2.75) is 37.6 Å². The highest BCUT2D eigenvalue weighted by molar-refractivity contribution is 7.89. The first-order valence-corrected chi connectivity index (χ1v) is 7.78. The Bertz CT molecular complexity index is 520. The minimum Gasteiger partial charge on any atom is -0.315 e. The molecule has 1 atom stereocenters. The molecule has 0 amide bonds. The Hall–Kier alpha value is -0.910. The largest absolute Gasteiger partial charge is 0.315 e. The van der Waals surface area contributed by atoms with E-state index in [4.69, 9.17) is 0 Å². The predicted octanol–water partition coefficient (Wildman–Crippen LogP) is 1.33. The molecule has 0 bridgehead atoms. The lowest BCUT2D eigenvalue weighted by Crippen LogP contribution is -2.45. The van der Waals surface area contributed by atoms with Crippen molar-refractivity contribution in [2.75, 3.05) is 13.1 Å². The molecule has 0 radical (unpaired) electrons. The van der Waals surface area contributed by atoms with Gasteiger partial charge in [0.05, 0.1) is 4.90 Å². The van der Waals surface area contributed by atoms with E-state index in [0.717, 1.165) is 30.5 Å². The van der Waals surface area contributed by atoms with Crippen LogP contribution in [-0.4, -0.2) is 27.5 Å². The third-order valence-electron chi connectivity index (χ3n) is 3.41. The molecule has 1 saturated heterocycles. The molecule has 2 N–H and O–H groups in total. The Morgan fingerprint density at radius 3 is 2.67 bits per heavy atom. The van der Waals surface area contributed by atoms with Gasteiger partial charge in [0.15, 0.2) is 0 Å². The summed E-state index contributed by atoms with van der Waals surface area (Å²) >= 11 is 0. The Balaban J connectivity index is 2.16. The fraction of sp³-hybridized carbons (Fsp3) is 0.538. The Labute approximate surface area is 109 Å². The number of piperidine rings is 1. The zero-order chi connectivity index (χ0) is 13.2. The maximum absolute atomic E-state index is 12.2. The number of nitrogens with one attached hydrogen (secondary N) is 2. The van der Waals surface area contributed by atoms with Crippen molar-refractivity contribution in [1.82, 2.24) is 10.0 Å². The summed E-state index contributed by atoms with van der Waals surface area (Å²) in [7, 11) is -3.39. The van der Waals surface area contributed by atoms with Crippen LogP contribution in [0.4, 0.5) is 0 Å². The third-order valence-corrected chi connectivity index (χ3v) is 4.93. The zero-order valence-corrected chi connectivity index (χ0v) is 11.7. The van der Waals surface area contributed by atoms with Crippen LogP contribution < -0.4 is 10.0 Å². The van der Waals surface area contributed by atoms with E-state index in [1.807, 2.05) is 19.9 Å². The minimum absolute atomic E-state index is 0.00496. The molecule has 1 fully saturated rings. The number of aryl methyl sites for hydroxylation is 2. The lowest BCUT2D eigenvalue weighted by atomic mass is 10.1. The average molecular weight is 268 g/mol.